The van der Waals surface area contributed by atoms with Crippen molar-refractivity contribution >= 4 is 22.4 Å². The summed E-state index contributed by atoms with van der Waals surface area (Å²) in [6.45, 7) is 5.74. The summed E-state index contributed by atoms with van der Waals surface area (Å²) in [7, 11) is 0. The molecule has 0 unspecified atom stereocenters. The molecule has 0 aromatic carbocycles. The van der Waals surface area contributed by atoms with Crippen molar-refractivity contribution in [3.05, 3.63) is 5.01 Å². The maximum absolute atomic E-state index is 11.8. The summed E-state index contributed by atoms with van der Waals surface area (Å²) >= 11 is 1.30. The highest BCUT2D eigenvalue weighted by Crippen LogP contribution is 2.14. The average Bonchev–Trinajstić information content (AvgIpc) is 2.94. The van der Waals surface area contributed by atoms with Crippen LogP contribution in [0.4, 0.5) is 5.13 Å². The Morgan fingerprint density at radius 3 is 2.33 bits per heavy atom. The number of nitrogens with zero attached hydrogens (tertiary/aromatic N) is 2. The topological polar surface area (TPSA) is 66.9 Å². The highest BCUT2D eigenvalue weighted by molar-refractivity contribution is 7.17. The van der Waals surface area contributed by atoms with Crippen LogP contribution in [-0.2, 0) is 0 Å². The Hall–Kier alpha value is -1.17. The van der Waals surface area contributed by atoms with Gasteiger partial charge in [0.15, 0.2) is 0 Å². The van der Waals surface area contributed by atoms with E-state index in [-0.39, 0.29) is 5.91 Å². The Balaban J connectivity index is 2.02. The van der Waals surface area contributed by atoms with E-state index >= 15 is 0 Å². The van der Waals surface area contributed by atoms with E-state index in [1.807, 2.05) is 6.92 Å². The van der Waals surface area contributed by atoms with E-state index in [1.54, 1.807) is 0 Å². The second-order valence-corrected chi connectivity index (χ2v) is 6.15. The van der Waals surface area contributed by atoms with Crippen LogP contribution in [0.5, 0.6) is 0 Å². The van der Waals surface area contributed by atoms with E-state index in [4.69, 9.17) is 0 Å². The van der Waals surface area contributed by atoms with Crippen LogP contribution >= 0.6 is 11.3 Å². The van der Waals surface area contributed by atoms with Crippen molar-refractivity contribution in [1.29, 1.82) is 0 Å². The molecule has 1 amide bonds. The largest absolute Gasteiger partial charge is 0.360 e. The molecule has 1 heterocycles. The summed E-state index contributed by atoms with van der Waals surface area (Å²) in [6, 6.07) is 0. The van der Waals surface area contributed by atoms with Gasteiger partial charge in [0, 0.05) is 13.1 Å². The third kappa shape index (κ3) is 7.99. The smallest absolute Gasteiger partial charge is 0.282 e. The van der Waals surface area contributed by atoms with Crippen molar-refractivity contribution in [1.82, 2.24) is 15.5 Å². The minimum atomic E-state index is -0.111. The van der Waals surface area contributed by atoms with Crippen LogP contribution in [0.15, 0.2) is 0 Å². The molecule has 0 spiro atoms. The fourth-order valence-electron chi connectivity index (χ4n) is 2.07. The summed E-state index contributed by atoms with van der Waals surface area (Å²) in [4.78, 5) is 11.8. The number of amides is 1. The molecule has 0 saturated heterocycles. The van der Waals surface area contributed by atoms with E-state index in [9.17, 15) is 4.79 Å². The molecule has 6 heteroatoms. The predicted octanol–water partition coefficient (Wildman–Crippen LogP) is 3.84. The number of hydrogen-bond donors (Lipinski definition) is 2. The van der Waals surface area contributed by atoms with Gasteiger partial charge in [0.1, 0.15) is 0 Å². The van der Waals surface area contributed by atoms with Crippen LogP contribution in [0.1, 0.15) is 75.0 Å². The summed E-state index contributed by atoms with van der Waals surface area (Å²) in [5.41, 5.74) is 0. The lowest BCUT2D eigenvalue weighted by molar-refractivity contribution is 0.0952. The predicted molar refractivity (Wildman–Crippen MR) is 89.0 cm³/mol. The first-order valence-corrected chi connectivity index (χ1v) is 8.95. The van der Waals surface area contributed by atoms with Gasteiger partial charge in [-0.2, -0.15) is 0 Å². The Labute approximate surface area is 131 Å². The van der Waals surface area contributed by atoms with E-state index in [1.165, 1.54) is 56.3 Å². The Bertz CT molecular complexity index is 395. The van der Waals surface area contributed by atoms with E-state index in [2.05, 4.69) is 27.8 Å². The van der Waals surface area contributed by atoms with Gasteiger partial charge in [-0.1, -0.05) is 63.2 Å². The molecular formula is C15H28N4OS. The quantitative estimate of drug-likeness (QED) is 0.575. The summed E-state index contributed by atoms with van der Waals surface area (Å²) in [5, 5.41) is 14.9. The molecule has 120 valence electrons. The first-order chi connectivity index (χ1) is 10.3. The van der Waals surface area contributed by atoms with Crippen LogP contribution < -0.4 is 10.6 Å². The molecule has 21 heavy (non-hydrogen) atoms. The van der Waals surface area contributed by atoms with Gasteiger partial charge in [0.05, 0.1) is 0 Å². The van der Waals surface area contributed by atoms with Gasteiger partial charge in [-0.3, -0.25) is 4.79 Å². The van der Waals surface area contributed by atoms with Gasteiger partial charge in [-0.05, 0) is 13.3 Å². The second kappa shape index (κ2) is 11.5. The second-order valence-electron chi connectivity index (χ2n) is 5.17. The molecule has 1 rings (SSSR count). The molecular weight excluding hydrogens is 284 g/mol. The fourth-order valence-corrected chi connectivity index (χ4v) is 2.80. The van der Waals surface area contributed by atoms with Crippen molar-refractivity contribution in [2.24, 2.45) is 0 Å². The molecule has 0 radical (unpaired) electrons. The highest BCUT2D eigenvalue weighted by Gasteiger charge is 2.11. The van der Waals surface area contributed by atoms with Crippen LogP contribution in [0, 0.1) is 0 Å². The zero-order valence-electron chi connectivity index (χ0n) is 13.3. The molecule has 0 fully saturated rings. The maximum Gasteiger partial charge on any atom is 0.282 e. The molecule has 0 aliphatic heterocycles. The summed E-state index contributed by atoms with van der Waals surface area (Å²) in [5.74, 6) is -0.111. The zero-order chi connectivity index (χ0) is 15.3. The monoisotopic (exact) mass is 312 g/mol. The van der Waals surface area contributed by atoms with E-state index in [0.717, 1.165) is 19.5 Å². The molecule has 5 nitrogen and oxygen atoms in total. The van der Waals surface area contributed by atoms with E-state index in [0.29, 0.717) is 10.1 Å². The number of nitrogens with one attached hydrogen (secondary N) is 2. The van der Waals surface area contributed by atoms with Crippen molar-refractivity contribution in [3.8, 4) is 0 Å². The first-order valence-electron chi connectivity index (χ1n) is 8.13. The van der Waals surface area contributed by atoms with Gasteiger partial charge in [-0.25, -0.2) is 0 Å². The molecule has 0 bridgehead atoms. The number of anilines is 1. The molecule has 0 saturated carbocycles. The number of hydrogen-bond acceptors (Lipinski definition) is 5. The zero-order valence-corrected chi connectivity index (χ0v) is 14.1. The average molecular weight is 312 g/mol. The van der Waals surface area contributed by atoms with Gasteiger partial charge in [0.25, 0.3) is 5.91 Å². The molecule has 1 aromatic rings. The first kappa shape index (κ1) is 17.9. The number of aromatic nitrogens is 2. The van der Waals surface area contributed by atoms with Crippen molar-refractivity contribution in [2.45, 2.75) is 65.2 Å². The molecule has 2 N–H and O–H groups in total. The Morgan fingerprint density at radius 1 is 1.00 bits per heavy atom. The third-order valence-corrected chi connectivity index (χ3v) is 4.14. The van der Waals surface area contributed by atoms with Crippen molar-refractivity contribution < 1.29 is 4.79 Å². The van der Waals surface area contributed by atoms with Gasteiger partial charge in [0.2, 0.25) is 10.1 Å². The minimum Gasteiger partial charge on any atom is -0.360 e. The summed E-state index contributed by atoms with van der Waals surface area (Å²) in [6.07, 6.45) is 10.2. The lowest BCUT2D eigenvalue weighted by Crippen LogP contribution is -2.24. The van der Waals surface area contributed by atoms with Crippen LogP contribution in [0.2, 0.25) is 0 Å². The van der Waals surface area contributed by atoms with Crippen molar-refractivity contribution in [2.75, 3.05) is 18.4 Å². The molecule has 1 aromatic heterocycles. The van der Waals surface area contributed by atoms with Gasteiger partial charge < -0.3 is 10.6 Å². The van der Waals surface area contributed by atoms with Gasteiger partial charge in [-0.15, -0.1) is 10.2 Å². The molecule has 0 aliphatic rings. The lowest BCUT2D eigenvalue weighted by atomic mass is 10.1. The SMILES string of the molecule is CCCCCCCCCCNC(=O)c1nnc(NCC)s1. The summed E-state index contributed by atoms with van der Waals surface area (Å²) < 4.78 is 0. The van der Waals surface area contributed by atoms with Crippen LogP contribution in [0.25, 0.3) is 0 Å². The number of rotatable bonds is 12. The van der Waals surface area contributed by atoms with Gasteiger partial charge >= 0.3 is 0 Å². The Kier molecular flexibility index (Phi) is 9.78. The molecule has 0 aliphatic carbocycles. The number of carbonyl (C=O) groups is 1. The van der Waals surface area contributed by atoms with E-state index < -0.39 is 0 Å². The molecule has 0 atom stereocenters. The Morgan fingerprint density at radius 2 is 1.67 bits per heavy atom. The fraction of sp³-hybridized carbons (Fsp3) is 0.800. The van der Waals surface area contributed by atoms with Crippen molar-refractivity contribution in [3.63, 3.8) is 0 Å². The minimum absolute atomic E-state index is 0.111. The standard InChI is InChI=1S/C15H28N4OS/c1-3-5-6-7-8-9-10-11-12-17-13(20)14-18-19-15(21-14)16-4-2/h3-12H2,1-2H3,(H,16,19)(H,17,20). The number of unbranched alkanes of at least 4 members (excludes halogenated alkanes) is 7. The van der Waals surface area contributed by atoms with Crippen LogP contribution in [-0.4, -0.2) is 29.2 Å². The normalized spacial score (nSPS) is 10.6. The van der Waals surface area contributed by atoms with Crippen LogP contribution in [0.3, 0.4) is 0 Å². The highest BCUT2D eigenvalue weighted by atomic mass is 32.1. The number of carbonyl (C=O) groups excluding carboxylic acids is 1. The third-order valence-electron chi connectivity index (χ3n) is 3.26. The maximum atomic E-state index is 11.8. The lowest BCUT2D eigenvalue weighted by Gasteiger charge is -2.03.